The maximum absolute atomic E-state index is 12.1. The van der Waals surface area contributed by atoms with Crippen molar-refractivity contribution in [2.24, 2.45) is 17.8 Å². The molecule has 1 heterocycles. The summed E-state index contributed by atoms with van der Waals surface area (Å²) in [6.45, 7) is 1.40. The summed E-state index contributed by atoms with van der Waals surface area (Å²) in [5, 5.41) is 2.96. The van der Waals surface area contributed by atoms with Crippen molar-refractivity contribution in [3.05, 3.63) is 34.8 Å². The van der Waals surface area contributed by atoms with Gasteiger partial charge in [-0.25, -0.2) is 4.79 Å². The molecule has 2 saturated carbocycles. The Kier molecular flexibility index (Phi) is 4.76. The summed E-state index contributed by atoms with van der Waals surface area (Å²) in [6.07, 6.45) is 5.05. The Bertz CT molecular complexity index is 914. The first-order chi connectivity index (χ1) is 13.0. The number of oxazole rings is 1. The molecule has 2 aliphatic carbocycles. The van der Waals surface area contributed by atoms with Gasteiger partial charge in [0.1, 0.15) is 6.54 Å². The molecule has 2 aliphatic rings. The number of nitrogens with one attached hydrogen (secondary N) is 1. The van der Waals surface area contributed by atoms with Crippen LogP contribution >= 0.6 is 0 Å². The molecule has 7 nitrogen and oxygen atoms in total. The fourth-order valence-electron chi connectivity index (χ4n) is 4.79. The molecule has 4 atom stereocenters. The predicted molar refractivity (Wildman–Crippen MR) is 98.0 cm³/mol. The largest absolute Gasteiger partial charge is 0.454 e. The van der Waals surface area contributed by atoms with Crippen LogP contribution in [0.15, 0.2) is 33.5 Å². The highest BCUT2D eigenvalue weighted by molar-refractivity contribution is 5.81. The van der Waals surface area contributed by atoms with E-state index >= 15 is 0 Å². The molecule has 0 saturated heterocycles. The van der Waals surface area contributed by atoms with Crippen LogP contribution in [0.2, 0.25) is 0 Å². The summed E-state index contributed by atoms with van der Waals surface area (Å²) >= 11 is 0. The molecule has 27 heavy (non-hydrogen) atoms. The number of esters is 1. The van der Waals surface area contributed by atoms with Crippen molar-refractivity contribution in [3.8, 4) is 0 Å². The lowest BCUT2D eigenvalue weighted by Gasteiger charge is -2.28. The molecule has 0 aliphatic heterocycles. The van der Waals surface area contributed by atoms with Crippen LogP contribution in [0.25, 0.3) is 11.1 Å². The Labute approximate surface area is 156 Å². The molecule has 1 N–H and O–H groups in total. The van der Waals surface area contributed by atoms with E-state index in [1.807, 2.05) is 6.92 Å². The SMILES string of the molecule is CC(NC(=O)COC(=O)Cn1c(=O)oc2ccccc21)C1CC2CCC1C2. The highest BCUT2D eigenvalue weighted by Gasteiger charge is 2.42. The van der Waals surface area contributed by atoms with E-state index in [0.717, 1.165) is 5.92 Å². The Morgan fingerprint density at radius 1 is 1.30 bits per heavy atom. The van der Waals surface area contributed by atoms with Crippen LogP contribution in [0.1, 0.15) is 32.6 Å². The number of para-hydroxylation sites is 2. The Balaban J connectivity index is 1.28. The fraction of sp³-hybridized carbons (Fsp3) is 0.550. The Morgan fingerprint density at radius 3 is 2.85 bits per heavy atom. The number of rotatable bonds is 6. The van der Waals surface area contributed by atoms with Gasteiger partial charge in [0, 0.05) is 6.04 Å². The summed E-state index contributed by atoms with van der Waals surface area (Å²) in [6, 6.07) is 6.94. The number of aromatic nitrogens is 1. The number of amides is 1. The average Bonchev–Trinajstić information content (AvgIpc) is 3.35. The third kappa shape index (κ3) is 3.63. The van der Waals surface area contributed by atoms with Gasteiger partial charge in [0.15, 0.2) is 12.2 Å². The Hall–Kier alpha value is -2.57. The quantitative estimate of drug-likeness (QED) is 0.784. The van der Waals surface area contributed by atoms with E-state index < -0.39 is 11.7 Å². The molecule has 144 valence electrons. The van der Waals surface area contributed by atoms with E-state index in [1.54, 1.807) is 24.3 Å². The highest BCUT2D eigenvalue weighted by Crippen LogP contribution is 2.49. The lowest BCUT2D eigenvalue weighted by atomic mass is 9.84. The number of ether oxygens (including phenoxy) is 1. The van der Waals surface area contributed by atoms with Gasteiger partial charge in [-0.3, -0.25) is 14.2 Å². The lowest BCUT2D eigenvalue weighted by molar-refractivity contribution is -0.149. The standard InChI is InChI=1S/C20H24N2O5/c1-12(15-9-13-6-7-14(15)8-13)21-18(23)11-26-19(24)10-22-16-4-2-3-5-17(16)27-20(22)25/h2-5,12-15H,6-11H2,1H3,(H,21,23). The second kappa shape index (κ2) is 7.21. The molecular formula is C20H24N2O5. The van der Waals surface area contributed by atoms with Crippen LogP contribution in [0.4, 0.5) is 0 Å². The van der Waals surface area contributed by atoms with Gasteiger partial charge >= 0.3 is 11.7 Å². The third-order valence-corrected chi connectivity index (χ3v) is 6.05. The summed E-state index contributed by atoms with van der Waals surface area (Å²) in [7, 11) is 0. The van der Waals surface area contributed by atoms with Gasteiger partial charge < -0.3 is 14.5 Å². The predicted octanol–water partition coefficient (Wildman–Crippen LogP) is 2.08. The van der Waals surface area contributed by atoms with E-state index in [1.165, 1.54) is 30.3 Å². The molecule has 0 radical (unpaired) electrons. The monoisotopic (exact) mass is 372 g/mol. The topological polar surface area (TPSA) is 90.5 Å². The van der Waals surface area contributed by atoms with Crippen molar-refractivity contribution in [3.63, 3.8) is 0 Å². The second-order valence-electron chi connectivity index (χ2n) is 7.78. The Morgan fingerprint density at radius 2 is 2.11 bits per heavy atom. The minimum Gasteiger partial charge on any atom is -0.454 e. The number of hydrogen-bond acceptors (Lipinski definition) is 5. The van der Waals surface area contributed by atoms with Gasteiger partial charge in [0.05, 0.1) is 5.52 Å². The molecule has 4 unspecified atom stereocenters. The van der Waals surface area contributed by atoms with Crippen molar-refractivity contribution in [1.29, 1.82) is 0 Å². The van der Waals surface area contributed by atoms with Gasteiger partial charge in [-0.1, -0.05) is 18.6 Å². The van der Waals surface area contributed by atoms with Crippen LogP contribution in [0.3, 0.4) is 0 Å². The molecule has 2 fully saturated rings. The zero-order chi connectivity index (χ0) is 19.0. The number of hydrogen-bond donors (Lipinski definition) is 1. The van der Waals surface area contributed by atoms with E-state index in [0.29, 0.717) is 22.9 Å². The number of nitrogens with zero attached hydrogens (tertiary/aromatic N) is 1. The summed E-state index contributed by atoms with van der Waals surface area (Å²) in [4.78, 5) is 36.1. The molecule has 2 bridgehead atoms. The molecule has 0 spiro atoms. The molecule has 1 aromatic heterocycles. The van der Waals surface area contributed by atoms with Crippen LogP contribution in [-0.2, 0) is 20.9 Å². The smallest absolute Gasteiger partial charge is 0.420 e. The first kappa shape index (κ1) is 17.8. The maximum Gasteiger partial charge on any atom is 0.420 e. The zero-order valence-electron chi connectivity index (χ0n) is 15.3. The van der Waals surface area contributed by atoms with E-state index in [9.17, 15) is 14.4 Å². The first-order valence-corrected chi connectivity index (χ1v) is 9.54. The van der Waals surface area contributed by atoms with Crippen molar-refractivity contribution < 1.29 is 18.7 Å². The van der Waals surface area contributed by atoms with Gasteiger partial charge in [-0.2, -0.15) is 0 Å². The third-order valence-electron chi connectivity index (χ3n) is 6.05. The highest BCUT2D eigenvalue weighted by atomic mass is 16.5. The molecule has 2 aromatic rings. The first-order valence-electron chi connectivity index (χ1n) is 9.54. The van der Waals surface area contributed by atoms with Crippen LogP contribution in [-0.4, -0.2) is 29.1 Å². The summed E-state index contributed by atoms with van der Waals surface area (Å²) in [5.41, 5.74) is 0.932. The minimum atomic E-state index is -0.647. The maximum atomic E-state index is 12.1. The normalized spacial score (nSPS) is 24.9. The van der Waals surface area contributed by atoms with Gasteiger partial charge in [-0.05, 0) is 56.1 Å². The van der Waals surface area contributed by atoms with E-state index in [4.69, 9.17) is 9.15 Å². The summed E-state index contributed by atoms with van der Waals surface area (Å²) < 4.78 is 11.3. The van der Waals surface area contributed by atoms with Crippen molar-refractivity contribution >= 4 is 23.0 Å². The number of carbonyl (C=O) groups excluding carboxylic acids is 2. The fourth-order valence-corrected chi connectivity index (χ4v) is 4.79. The molecule has 4 rings (SSSR count). The second-order valence-corrected chi connectivity index (χ2v) is 7.78. The lowest BCUT2D eigenvalue weighted by Crippen LogP contribution is -2.42. The van der Waals surface area contributed by atoms with Gasteiger partial charge in [-0.15, -0.1) is 0 Å². The van der Waals surface area contributed by atoms with Crippen LogP contribution in [0, 0.1) is 17.8 Å². The number of benzene rings is 1. The number of fused-ring (bicyclic) bond motifs is 3. The van der Waals surface area contributed by atoms with Gasteiger partial charge in [0.2, 0.25) is 0 Å². The van der Waals surface area contributed by atoms with Crippen molar-refractivity contribution in [2.75, 3.05) is 6.61 Å². The average molecular weight is 372 g/mol. The van der Waals surface area contributed by atoms with Crippen LogP contribution in [0.5, 0.6) is 0 Å². The minimum absolute atomic E-state index is 0.0898. The number of carbonyl (C=O) groups is 2. The molecule has 1 aromatic carbocycles. The van der Waals surface area contributed by atoms with Crippen LogP contribution < -0.4 is 11.1 Å². The molecule has 7 heteroatoms. The molecular weight excluding hydrogens is 348 g/mol. The van der Waals surface area contributed by atoms with E-state index in [2.05, 4.69) is 5.32 Å². The van der Waals surface area contributed by atoms with Crippen molar-refractivity contribution in [2.45, 2.75) is 45.2 Å². The molecule has 1 amide bonds. The summed E-state index contributed by atoms with van der Waals surface area (Å²) in [5.74, 6) is 0.491. The zero-order valence-corrected chi connectivity index (χ0v) is 15.3. The van der Waals surface area contributed by atoms with E-state index in [-0.39, 0.29) is 25.1 Å². The van der Waals surface area contributed by atoms with Gasteiger partial charge in [0.25, 0.3) is 5.91 Å². The van der Waals surface area contributed by atoms with Crippen molar-refractivity contribution in [1.82, 2.24) is 9.88 Å².